The van der Waals surface area contributed by atoms with E-state index in [2.05, 4.69) is 4.72 Å². The van der Waals surface area contributed by atoms with Gasteiger partial charge >= 0.3 is 0 Å². The minimum Gasteiger partial charge on any atom is -0.381 e. The third-order valence-electron chi connectivity index (χ3n) is 4.03. The molecule has 0 unspecified atom stereocenters. The Balaban J connectivity index is 1.96. The highest BCUT2D eigenvalue weighted by Crippen LogP contribution is 2.14. The van der Waals surface area contributed by atoms with E-state index in [1.54, 1.807) is 37.1 Å². The van der Waals surface area contributed by atoms with Crippen molar-refractivity contribution in [3.8, 4) is 0 Å². The van der Waals surface area contributed by atoms with Gasteiger partial charge in [0.15, 0.2) is 0 Å². The number of likely N-dealkylation sites (tertiary alicyclic amines) is 1. The number of hydrogen-bond acceptors (Lipinski definition) is 4. The average molecular weight is 352 g/mol. The molecule has 0 atom stereocenters. The molecule has 1 fully saturated rings. The fourth-order valence-electron chi connectivity index (χ4n) is 2.62. The summed E-state index contributed by atoms with van der Waals surface area (Å²) in [5.74, 6) is -0.0334. The lowest BCUT2D eigenvalue weighted by Gasteiger charge is -2.30. The smallest absolute Gasteiger partial charge is 0.246 e. The molecule has 1 heterocycles. The van der Waals surface area contributed by atoms with Crippen molar-refractivity contribution in [3.63, 3.8) is 0 Å². The lowest BCUT2D eigenvalue weighted by molar-refractivity contribution is -0.128. The number of ether oxygens (including phenoxy) is 1. The Morgan fingerprint density at radius 2 is 1.92 bits per heavy atom. The molecule has 0 saturated carbocycles. The van der Waals surface area contributed by atoms with Crippen LogP contribution in [0.3, 0.4) is 0 Å². The Labute approximate surface area is 143 Å². The van der Waals surface area contributed by atoms with E-state index in [0.29, 0.717) is 19.6 Å². The summed E-state index contributed by atoms with van der Waals surface area (Å²) >= 11 is 0. The number of sulfonamides is 1. The number of hydrogen-bond donors (Lipinski definition) is 1. The predicted octanol–water partition coefficient (Wildman–Crippen LogP) is 1.64. The number of nitrogens with zero attached hydrogens (tertiary/aromatic N) is 1. The fraction of sp³-hybridized carbons (Fsp3) is 0.471. The SMILES string of the molecule is CCNS(=O)(=O)c1ccc(/C=C/C(=O)N2CCC(OC)CC2)cc1. The second-order valence-electron chi connectivity index (χ2n) is 5.66. The van der Waals surface area contributed by atoms with Crippen LogP contribution in [0.15, 0.2) is 35.2 Å². The van der Waals surface area contributed by atoms with Crippen molar-refractivity contribution >= 4 is 22.0 Å². The van der Waals surface area contributed by atoms with E-state index >= 15 is 0 Å². The van der Waals surface area contributed by atoms with Gasteiger partial charge in [-0.1, -0.05) is 19.1 Å². The van der Waals surface area contributed by atoms with Crippen LogP contribution in [0.5, 0.6) is 0 Å². The maximum Gasteiger partial charge on any atom is 0.246 e. The van der Waals surface area contributed by atoms with Crippen molar-refractivity contribution in [2.75, 3.05) is 26.7 Å². The summed E-state index contributed by atoms with van der Waals surface area (Å²) in [6.07, 6.45) is 5.18. The van der Waals surface area contributed by atoms with Crippen molar-refractivity contribution in [2.45, 2.75) is 30.8 Å². The first kappa shape index (κ1) is 18.6. The van der Waals surface area contributed by atoms with Gasteiger partial charge in [-0.2, -0.15) is 0 Å². The number of carbonyl (C=O) groups excluding carboxylic acids is 1. The molecule has 0 bridgehead atoms. The molecule has 7 heteroatoms. The molecule has 0 radical (unpaired) electrons. The summed E-state index contributed by atoms with van der Waals surface area (Å²) in [5, 5.41) is 0. The molecule has 132 valence electrons. The lowest BCUT2D eigenvalue weighted by Crippen LogP contribution is -2.39. The van der Waals surface area contributed by atoms with Crippen LogP contribution in [-0.4, -0.2) is 52.1 Å². The molecular formula is C17H24N2O4S. The molecule has 6 nitrogen and oxygen atoms in total. The Hall–Kier alpha value is -1.70. The van der Waals surface area contributed by atoms with E-state index < -0.39 is 10.0 Å². The van der Waals surface area contributed by atoms with Crippen molar-refractivity contribution < 1.29 is 17.9 Å². The first-order valence-electron chi connectivity index (χ1n) is 8.05. The van der Waals surface area contributed by atoms with E-state index in [0.717, 1.165) is 18.4 Å². The summed E-state index contributed by atoms with van der Waals surface area (Å²) in [4.78, 5) is 14.2. The summed E-state index contributed by atoms with van der Waals surface area (Å²) in [6, 6.07) is 6.44. The monoisotopic (exact) mass is 352 g/mol. The van der Waals surface area contributed by atoms with E-state index in [4.69, 9.17) is 4.74 Å². The van der Waals surface area contributed by atoms with Gasteiger partial charge < -0.3 is 9.64 Å². The van der Waals surface area contributed by atoms with Crippen LogP contribution in [0.1, 0.15) is 25.3 Å². The number of benzene rings is 1. The summed E-state index contributed by atoms with van der Waals surface area (Å²) < 4.78 is 31.5. The first-order valence-corrected chi connectivity index (χ1v) is 9.54. The van der Waals surface area contributed by atoms with Crippen LogP contribution in [0, 0.1) is 0 Å². The van der Waals surface area contributed by atoms with E-state index in [9.17, 15) is 13.2 Å². The van der Waals surface area contributed by atoms with Crippen molar-refractivity contribution in [1.82, 2.24) is 9.62 Å². The Morgan fingerprint density at radius 1 is 1.29 bits per heavy atom. The molecule has 1 aromatic carbocycles. The Kier molecular flexibility index (Phi) is 6.53. The first-order chi connectivity index (χ1) is 11.5. The third-order valence-corrected chi connectivity index (χ3v) is 5.59. The van der Waals surface area contributed by atoms with Crippen molar-refractivity contribution in [2.24, 2.45) is 0 Å². The molecule has 0 spiro atoms. The molecule has 0 aliphatic carbocycles. The fourth-order valence-corrected chi connectivity index (χ4v) is 3.66. The number of methoxy groups -OCH3 is 1. The second kappa shape index (κ2) is 8.41. The number of rotatable bonds is 6. The van der Waals surface area contributed by atoms with Crippen LogP contribution in [0.4, 0.5) is 0 Å². The summed E-state index contributed by atoms with van der Waals surface area (Å²) in [7, 11) is -1.75. The van der Waals surface area contributed by atoms with Gasteiger partial charge in [-0.15, -0.1) is 0 Å². The van der Waals surface area contributed by atoms with Crippen LogP contribution >= 0.6 is 0 Å². The van der Waals surface area contributed by atoms with Crippen LogP contribution in [-0.2, 0) is 19.6 Å². The van der Waals surface area contributed by atoms with Gasteiger partial charge in [-0.25, -0.2) is 13.1 Å². The van der Waals surface area contributed by atoms with Crippen molar-refractivity contribution in [3.05, 3.63) is 35.9 Å². The van der Waals surface area contributed by atoms with Gasteiger partial charge in [0.25, 0.3) is 0 Å². The third kappa shape index (κ3) is 4.90. The maximum atomic E-state index is 12.2. The minimum absolute atomic E-state index is 0.0334. The molecule has 1 amide bonds. The van der Waals surface area contributed by atoms with Gasteiger partial charge in [0.05, 0.1) is 11.0 Å². The van der Waals surface area contributed by atoms with Crippen LogP contribution < -0.4 is 4.72 Å². The zero-order valence-corrected chi connectivity index (χ0v) is 14.9. The molecule has 1 N–H and O–H groups in total. The summed E-state index contributed by atoms with van der Waals surface area (Å²) in [5.41, 5.74) is 0.783. The molecule has 1 aliphatic rings. The molecular weight excluding hydrogens is 328 g/mol. The molecule has 0 aromatic heterocycles. The minimum atomic E-state index is -3.44. The van der Waals surface area contributed by atoms with Gasteiger partial charge in [-0.3, -0.25) is 4.79 Å². The van der Waals surface area contributed by atoms with Gasteiger partial charge in [0, 0.05) is 32.8 Å². The highest BCUT2D eigenvalue weighted by molar-refractivity contribution is 7.89. The molecule has 1 aromatic rings. The largest absolute Gasteiger partial charge is 0.381 e. The average Bonchev–Trinajstić information content (AvgIpc) is 2.60. The number of carbonyl (C=O) groups is 1. The van der Waals surface area contributed by atoms with Gasteiger partial charge in [0.2, 0.25) is 15.9 Å². The second-order valence-corrected chi connectivity index (χ2v) is 7.43. The van der Waals surface area contributed by atoms with Gasteiger partial charge in [0.1, 0.15) is 0 Å². The van der Waals surface area contributed by atoms with E-state index in [-0.39, 0.29) is 16.9 Å². The number of piperidine rings is 1. The molecule has 24 heavy (non-hydrogen) atoms. The quantitative estimate of drug-likeness (QED) is 0.790. The molecule has 1 saturated heterocycles. The number of amides is 1. The van der Waals surface area contributed by atoms with E-state index in [1.165, 1.54) is 18.2 Å². The zero-order chi connectivity index (χ0) is 17.6. The zero-order valence-electron chi connectivity index (χ0n) is 14.1. The Bertz CT molecular complexity index is 675. The maximum absolute atomic E-state index is 12.2. The standard InChI is InChI=1S/C17H24N2O4S/c1-3-18-24(21,22)16-7-4-14(5-8-16)6-9-17(20)19-12-10-15(23-2)11-13-19/h4-9,15,18H,3,10-13H2,1-2H3/b9-6+. The Morgan fingerprint density at radius 3 is 2.46 bits per heavy atom. The molecule has 1 aliphatic heterocycles. The predicted molar refractivity (Wildman–Crippen MR) is 92.9 cm³/mol. The highest BCUT2D eigenvalue weighted by Gasteiger charge is 2.20. The lowest BCUT2D eigenvalue weighted by atomic mass is 10.1. The number of nitrogens with one attached hydrogen (secondary N) is 1. The normalized spacial score (nSPS) is 16.7. The van der Waals surface area contributed by atoms with Crippen molar-refractivity contribution in [1.29, 1.82) is 0 Å². The highest BCUT2D eigenvalue weighted by atomic mass is 32.2. The van der Waals surface area contributed by atoms with Crippen LogP contribution in [0.25, 0.3) is 6.08 Å². The van der Waals surface area contributed by atoms with E-state index in [1.807, 2.05) is 0 Å². The van der Waals surface area contributed by atoms with Gasteiger partial charge in [-0.05, 0) is 36.6 Å². The summed E-state index contributed by atoms with van der Waals surface area (Å²) in [6.45, 7) is 3.47. The van der Waals surface area contributed by atoms with Crippen LogP contribution in [0.2, 0.25) is 0 Å². The molecule has 2 rings (SSSR count). The topological polar surface area (TPSA) is 75.7 Å².